The standard InChI is InChI=1S/C20H30N4O5/c1-11(2)16(24-17(25)12(3)21)19(27)23-15(10-14-8-6-5-7-9-14)18(26)22-13(4)20(28)29/h5-9,11-13,15-16H,10,21H2,1-4H3,(H,22,26)(H,23,27)(H,24,25)(H,28,29)/t12-,13-,15-,16-/m0/s1. The van der Waals surface area contributed by atoms with Gasteiger partial charge in [-0.3, -0.25) is 19.2 Å². The molecule has 0 aliphatic rings. The van der Waals surface area contributed by atoms with Crippen molar-refractivity contribution in [3.8, 4) is 0 Å². The Labute approximate surface area is 170 Å². The molecule has 0 saturated heterocycles. The summed E-state index contributed by atoms with van der Waals surface area (Å²) >= 11 is 0. The number of rotatable bonds is 10. The van der Waals surface area contributed by atoms with Gasteiger partial charge in [-0.05, 0) is 25.3 Å². The largest absolute Gasteiger partial charge is 0.480 e. The molecule has 0 heterocycles. The highest BCUT2D eigenvalue weighted by atomic mass is 16.4. The minimum atomic E-state index is -1.19. The number of amides is 3. The molecule has 6 N–H and O–H groups in total. The molecule has 0 aliphatic carbocycles. The molecular formula is C20H30N4O5. The van der Waals surface area contributed by atoms with Crippen molar-refractivity contribution >= 4 is 23.7 Å². The molecule has 4 atom stereocenters. The average molecular weight is 406 g/mol. The van der Waals surface area contributed by atoms with Crippen LogP contribution in [0.2, 0.25) is 0 Å². The van der Waals surface area contributed by atoms with E-state index in [-0.39, 0.29) is 12.3 Å². The second-order valence-corrected chi connectivity index (χ2v) is 7.34. The molecular weight excluding hydrogens is 376 g/mol. The molecule has 0 fully saturated rings. The van der Waals surface area contributed by atoms with Gasteiger partial charge >= 0.3 is 5.97 Å². The summed E-state index contributed by atoms with van der Waals surface area (Å²) in [5.41, 5.74) is 6.34. The van der Waals surface area contributed by atoms with Crippen molar-refractivity contribution in [2.45, 2.75) is 58.3 Å². The van der Waals surface area contributed by atoms with Gasteiger partial charge in [0.05, 0.1) is 6.04 Å². The molecule has 29 heavy (non-hydrogen) atoms. The average Bonchev–Trinajstić information content (AvgIpc) is 2.65. The van der Waals surface area contributed by atoms with E-state index in [1.165, 1.54) is 13.8 Å². The fraction of sp³-hybridized carbons (Fsp3) is 0.500. The molecule has 160 valence electrons. The van der Waals surface area contributed by atoms with E-state index in [2.05, 4.69) is 16.0 Å². The van der Waals surface area contributed by atoms with Gasteiger partial charge in [0.15, 0.2) is 0 Å². The van der Waals surface area contributed by atoms with Gasteiger partial charge in [0.2, 0.25) is 17.7 Å². The molecule has 0 aliphatic heterocycles. The van der Waals surface area contributed by atoms with Crippen molar-refractivity contribution in [2.24, 2.45) is 11.7 Å². The Bertz CT molecular complexity index is 721. The maximum absolute atomic E-state index is 12.8. The Kier molecular flexibility index (Phi) is 9.27. The molecule has 1 aromatic carbocycles. The number of hydrogen-bond donors (Lipinski definition) is 5. The van der Waals surface area contributed by atoms with Crippen LogP contribution in [0.15, 0.2) is 30.3 Å². The summed E-state index contributed by atoms with van der Waals surface area (Å²) < 4.78 is 0. The summed E-state index contributed by atoms with van der Waals surface area (Å²) in [6.07, 6.45) is 0.163. The van der Waals surface area contributed by atoms with E-state index in [1.807, 2.05) is 6.07 Å². The maximum atomic E-state index is 12.8. The highest BCUT2D eigenvalue weighted by Gasteiger charge is 2.30. The van der Waals surface area contributed by atoms with Crippen molar-refractivity contribution in [3.05, 3.63) is 35.9 Å². The molecule has 0 aromatic heterocycles. The van der Waals surface area contributed by atoms with Crippen LogP contribution in [-0.4, -0.2) is 53.0 Å². The monoisotopic (exact) mass is 406 g/mol. The van der Waals surface area contributed by atoms with Gasteiger partial charge in [-0.1, -0.05) is 44.2 Å². The zero-order valence-electron chi connectivity index (χ0n) is 17.1. The smallest absolute Gasteiger partial charge is 0.325 e. The summed E-state index contributed by atoms with van der Waals surface area (Å²) in [6, 6.07) is 5.20. The first kappa shape index (κ1) is 24.1. The Hall–Kier alpha value is -2.94. The topological polar surface area (TPSA) is 151 Å². The van der Waals surface area contributed by atoms with E-state index in [0.717, 1.165) is 5.56 Å². The van der Waals surface area contributed by atoms with Crippen molar-refractivity contribution < 1.29 is 24.3 Å². The summed E-state index contributed by atoms with van der Waals surface area (Å²) in [5.74, 6) is -3.10. The van der Waals surface area contributed by atoms with Crippen LogP contribution in [0.4, 0.5) is 0 Å². The van der Waals surface area contributed by atoms with Crippen LogP contribution in [0.25, 0.3) is 0 Å². The Morgan fingerprint density at radius 2 is 1.48 bits per heavy atom. The van der Waals surface area contributed by atoms with Crippen LogP contribution in [0.3, 0.4) is 0 Å². The van der Waals surface area contributed by atoms with Crippen molar-refractivity contribution in [3.63, 3.8) is 0 Å². The first-order valence-electron chi connectivity index (χ1n) is 9.46. The third-order valence-corrected chi connectivity index (χ3v) is 4.31. The summed E-state index contributed by atoms with van der Waals surface area (Å²) in [5, 5.41) is 16.6. The van der Waals surface area contributed by atoms with E-state index in [0.29, 0.717) is 0 Å². The lowest BCUT2D eigenvalue weighted by molar-refractivity contribution is -0.141. The fourth-order valence-corrected chi connectivity index (χ4v) is 2.52. The zero-order valence-corrected chi connectivity index (χ0v) is 17.1. The number of hydrogen-bond acceptors (Lipinski definition) is 5. The minimum Gasteiger partial charge on any atom is -0.480 e. The number of nitrogens with two attached hydrogens (primary N) is 1. The first-order chi connectivity index (χ1) is 13.5. The number of nitrogens with one attached hydrogen (secondary N) is 3. The fourth-order valence-electron chi connectivity index (χ4n) is 2.52. The summed E-state index contributed by atoms with van der Waals surface area (Å²) in [7, 11) is 0. The van der Waals surface area contributed by atoms with Crippen LogP contribution in [-0.2, 0) is 25.6 Å². The van der Waals surface area contributed by atoms with Gasteiger partial charge in [-0.15, -0.1) is 0 Å². The first-order valence-corrected chi connectivity index (χ1v) is 9.46. The second kappa shape index (κ2) is 11.2. The third kappa shape index (κ3) is 7.90. The van der Waals surface area contributed by atoms with Crippen LogP contribution < -0.4 is 21.7 Å². The van der Waals surface area contributed by atoms with Crippen LogP contribution in [0.1, 0.15) is 33.3 Å². The highest BCUT2D eigenvalue weighted by Crippen LogP contribution is 2.07. The summed E-state index contributed by atoms with van der Waals surface area (Å²) in [4.78, 5) is 48.4. The molecule has 0 saturated carbocycles. The van der Waals surface area contributed by atoms with E-state index < -0.39 is 47.9 Å². The Balaban J connectivity index is 3.01. The molecule has 0 spiro atoms. The van der Waals surface area contributed by atoms with E-state index in [4.69, 9.17) is 10.8 Å². The summed E-state index contributed by atoms with van der Waals surface area (Å²) in [6.45, 7) is 6.35. The lowest BCUT2D eigenvalue weighted by atomic mass is 10.0. The molecule has 1 aromatic rings. The SMILES string of the molecule is CC(C)[C@H](NC(=O)[C@H](C)N)C(=O)N[C@@H](Cc1ccccc1)C(=O)N[C@@H](C)C(=O)O. The van der Waals surface area contributed by atoms with Crippen LogP contribution in [0, 0.1) is 5.92 Å². The van der Waals surface area contributed by atoms with Crippen LogP contribution >= 0.6 is 0 Å². The quantitative estimate of drug-likeness (QED) is 0.363. The Morgan fingerprint density at radius 3 is 1.97 bits per heavy atom. The minimum absolute atomic E-state index is 0.163. The molecule has 9 nitrogen and oxygen atoms in total. The molecule has 1 rings (SSSR count). The number of carboxylic acids is 1. The highest BCUT2D eigenvalue weighted by molar-refractivity contribution is 5.94. The van der Waals surface area contributed by atoms with E-state index >= 15 is 0 Å². The van der Waals surface area contributed by atoms with Gasteiger partial charge in [-0.25, -0.2) is 0 Å². The lowest BCUT2D eigenvalue weighted by Crippen LogP contribution is -2.58. The third-order valence-electron chi connectivity index (χ3n) is 4.31. The van der Waals surface area contributed by atoms with Gasteiger partial charge < -0.3 is 26.8 Å². The molecule has 3 amide bonds. The second-order valence-electron chi connectivity index (χ2n) is 7.34. The van der Waals surface area contributed by atoms with Crippen LogP contribution in [0.5, 0.6) is 0 Å². The predicted molar refractivity (Wildman–Crippen MR) is 108 cm³/mol. The number of aliphatic carboxylic acids is 1. The van der Waals surface area contributed by atoms with Gasteiger partial charge in [0, 0.05) is 6.42 Å². The molecule has 0 bridgehead atoms. The van der Waals surface area contributed by atoms with Gasteiger partial charge in [0.25, 0.3) is 0 Å². The lowest BCUT2D eigenvalue weighted by Gasteiger charge is -2.26. The zero-order chi connectivity index (χ0) is 22.1. The number of carboxylic acid groups (broad SMARTS) is 1. The van der Waals surface area contributed by atoms with Crippen molar-refractivity contribution in [2.75, 3.05) is 0 Å². The van der Waals surface area contributed by atoms with Gasteiger partial charge in [-0.2, -0.15) is 0 Å². The molecule has 9 heteroatoms. The van der Waals surface area contributed by atoms with E-state index in [9.17, 15) is 19.2 Å². The normalized spacial score (nSPS) is 15.0. The number of benzene rings is 1. The van der Waals surface area contributed by atoms with Crippen molar-refractivity contribution in [1.29, 1.82) is 0 Å². The Morgan fingerprint density at radius 1 is 0.897 bits per heavy atom. The van der Waals surface area contributed by atoms with Gasteiger partial charge in [0.1, 0.15) is 18.1 Å². The van der Waals surface area contributed by atoms with Crippen molar-refractivity contribution in [1.82, 2.24) is 16.0 Å². The number of carbonyl (C=O) groups is 4. The predicted octanol–water partition coefficient (Wildman–Crippen LogP) is -0.209. The molecule has 0 unspecified atom stereocenters. The maximum Gasteiger partial charge on any atom is 0.325 e. The van der Waals surface area contributed by atoms with E-state index in [1.54, 1.807) is 38.1 Å². The number of carbonyl (C=O) groups excluding carboxylic acids is 3. The molecule has 0 radical (unpaired) electrons.